The number of benzene rings is 1. The number of hydrogen-bond donors (Lipinski definition) is 1. The number of halogens is 1. The van der Waals surface area contributed by atoms with Crippen LogP contribution in [0.4, 0.5) is 14.9 Å². The molecule has 0 saturated carbocycles. The Labute approximate surface area is 142 Å². The fraction of sp³-hybridized carbons (Fsp3) is 0.556. The van der Waals surface area contributed by atoms with Crippen molar-refractivity contribution in [1.29, 1.82) is 0 Å². The first kappa shape index (κ1) is 18.2. The second kappa shape index (κ2) is 7.20. The second-order valence-corrected chi connectivity index (χ2v) is 7.19. The Morgan fingerprint density at radius 2 is 1.88 bits per heavy atom. The molecule has 1 aliphatic rings. The molecular weight excluding hydrogens is 311 g/mol. The minimum absolute atomic E-state index is 0.132. The summed E-state index contributed by atoms with van der Waals surface area (Å²) in [5.74, 6) is -0.700. The summed E-state index contributed by atoms with van der Waals surface area (Å²) in [6.07, 6.45) is 0.793. The van der Waals surface area contributed by atoms with Crippen molar-refractivity contribution in [1.82, 2.24) is 4.90 Å². The molecular formula is C18H25FN2O3. The van der Waals surface area contributed by atoms with Gasteiger partial charge in [0.1, 0.15) is 11.4 Å². The maximum absolute atomic E-state index is 13.3. The molecule has 1 aliphatic heterocycles. The number of aryl methyl sites for hydroxylation is 1. The molecule has 6 heteroatoms. The van der Waals surface area contributed by atoms with E-state index < -0.39 is 5.60 Å². The van der Waals surface area contributed by atoms with Crippen LogP contribution in [0.2, 0.25) is 0 Å². The van der Waals surface area contributed by atoms with E-state index in [0.717, 1.165) is 5.56 Å². The molecule has 0 bridgehead atoms. The van der Waals surface area contributed by atoms with Crippen molar-refractivity contribution in [2.75, 3.05) is 18.4 Å². The Balaban J connectivity index is 1.89. The number of hydrogen-bond acceptors (Lipinski definition) is 3. The van der Waals surface area contributed by atoms with Gasteiger partial charge in [-0.3, -0.25) is 4.79 Å². The number of nitrogens with one attached hydrogen (secondary N) is 1. The van der Waals surface area contributed by atoms with Crippen LogP contribution in [0.15, 0.2) is 18.2 Å². The Kier molecular flexibility index (Phi) is 5.47. The smallest absolute Gasteiger partial charge is 0.410 e. The molecule has 0 aromatic heterocycles. The summed E-state index contributed by atoms with van der Waals surface area (Å²) in [7, 11) is 0. The summed E-state index contributed by atoms with van der Waals surface area (Å²) in [5.41, 5.74) is 0.783. The van der Waals surface area contributed by atoms with Gasteiger partial charge in [0.25, 0.3) is 0 Å². The van der Waals surface area contributed by atoms with Crippen LogP contribution in [0.1, 0.15) is 39.2 Å². The number of rotatable bonds is 2. The number of likely N-dealkylation sites (tertiary alicyclic amines) is 1. The largest absolute Gasteiger partial charge is 0.444 e. The lowest BCUT2D eigenvalue weighted by Crippen LogP contribution is -2.43. The number of carbonyl (C=O) groups is 2. The van der Waals surface area contributed by atoms with Gasteiger partial charge in [0, 0.05) is 24.7 Å². The number of ether oxygens (including phenoxy) is 1. The maximum Gasteiger partial charge on any atom is 0.410 e. The van der Waals surface area contributed by atoms with E-state index in [1.165, 1.54) is 12.1 Å². The third-order valence-electron chi connectivity index (χ3n) is 3.97. The molecule has 1 aromatic carbocycles. The SMILES string of the molecule is Cc1ccc(F)cc1NC(=O)C1CCN(C(=O)OC(C)(C)C)CC1. The number of nitrogens with zero attached hydrogens (tertiary/aromatic N) is 1. The highest BCUT2D eigenvalue weighted by molar-refractivity contribution is 5.93. The molecule has 0 unspecified atom stereocenters. The van der Waals surface area contributed by atoms with Crippen LogP contribution in [0.5, 0.6) is 0 Å². The highest BCUT2D eigenvalue weighted by atomic mass is 19.1. The van der Waals surface area contributed by atoms with Gasteiger partial charge in [-0.15, -0.1) is 0 Å². The van der Waals surface area contributed by atoms with E-state index in [1.807, 2.05) is 27.7 Å². The minimum Gasteiger partial charge on any atom is -0.444 e. The highest BCUT2D eigenvalue weighted by Gasteiger charge is 2.30. The summed E-state index contributed by atoms with van der Waals surface area (Å²) >= 11 is 0. The lowest BCUT2D eigenvalue weighted by atomic mass is 9.96. The molecule has 132 valence electrons. The van der Waals surface area contributed by atoms with Crippen molar-refractivity contribution in [3.05, 3.63) is 29.6 Å². The first-order chi connectivity index (χ1) is 11.2. The van der Waals surface area contributed by atoms with Gasteiger partial charge in [-0.05, 0) is 58.2 Å². The molecule has 2 amide bonds. The van der Waals surface area contributed by atoms with E-state index in [-0.39, 0.29) is 23.7 Å². The van der Waals surface area contributed by atoms with E-state index in [0.29, 0.717) is 31.6 Å². The van der Waals surface area contributed by atoms with E-state index in [2.05, 4.69) is 5.32 Å². The fourth-order valence-corrected chi connectivity index (χ4v) is 2.61. The molecule has 1 heterocycles. The first-order valence-corrected chi connectivity index (χ1v) is 8.20. The van der Waals surface area contributed by atoms with Crippen LogP contribution in [0.25, 0.3) is 0 Å². The van der Waals surface area contributed by atoms with Crippen LogP contribution < -0.4 is 5.32 Å². The van der Waals surface area contributed by atoms with Crippen LogP contribution in [-0.4, -0.2) is 35.6 Å². The molecule has 0 radical (unpaired) electrons. The van der Waals surface area contributed by atoms with Crippen molar-refractivity contribution < 1.29 is 18.7 Å². The Morgan fingerprint density at radius 3 is 2.46 bits per heavy atom. The van der Waals surface area contributed by atoms with Crippen molar-refractivity contribution in [3.63, 3.8) is 0 Å². The summed E-state index contributed by atoms with van der Waals surface area (Å²) in [6, 6.07) is 4.32. The van der Waals surface area contributed by atoms with Crippen molar-refractivity contribution in [3.8, 4) is 0 Å². The summed E-state index contributed by atoms with van der Waals surface area (Å²) in [5, 5.41) is 2.79. The van der Waals surface area contributed by atoms with Crippen LogP contribution in [0, 0.1) is 18.7 Å². The average molecular weight is 336 g/mol. The summed E-state index contributed by atoms with van der Waals surface area (Å²) < 4.78 is 18.6. The predicted octanol–water partition coefficient (Wildman–Crippen LogP) is 3.72. The van der Waals surface area contributed by atoms with E-state index in [9.17, 15) is 14.0 Å². The zero-order valence-corrected chi connectivity index (χ0v) is 14.7. The van der Waals surface area contributed by atoms with Gasteiger partial charge >= 0.3 is 6.09 Å². The van der Waals surface area contributed by atoms with Gasteiger partial charge in [0.15, 0.2) is 0 Å². The Hall–Kier alpha value is -2.11. The normalized spacial score (nSPS) is 16.0. The monoisotopic (exact) mass is 336 g/mol. The van der Waals surface area contributed by atoms with Gasteiger partial charge < -0.3 is 15.0 Å². The fourth-order valence-electron chi connectivity index (χ4n) is 2.61. The van der Waals surface area contributed by atoms with Crippen molar-refractivity contribution in [2.24, 2.45) is 5.92 Å². The average Bonchev–Trinajstić information content (AvgIpc) is 2.49. The molecule has 1 aromatic rings. The molecule has 1 fully saturated rings. The molecule has 2 rings (SSSR count). The van der Waals surface area contributed by atoms with Crippen LogP contribution in [-0.2, 0) is 9.53 Å². The molecule has 5 nitrogen and oxygen atoms in total. The second-order valence-electron chi connectivity index (χ2n) is 7.19. The quantitative estimate of drug-likeness (QED) is 0.895. The van der Waals surface area contributed by atoms with Gasteiger partial charge in [-0.1, -0.05) is 6.07 Å². The zero-order chi connectivity index (χ0) is 17.9. The summed E-state index contributed by atoms with van der Waals surface area (Å²) in [6.45, 7) is 8.26. The molecule has 0 atom stereocenters. The number of amides is 2. The number of anilines is 1. The first-order valence-electron chi connectivity index (χ1n) is 8.20. The number of piperidine rings is 1. The van der Waals surface area contributed by atoms with E-state index in [4.69, 9.17) is 4.74 Å². The summed E-state index contributed by atoms with van der Waals surface area (Å²) in [4.78, 5) is 26.0. The Bertz CT molecular complexity index is 617. The zero-order valence-electron chi connectivity index (χ0n) is 14.7. The molecule has 1 N–H and O–H groups in total. The van der Waals surface area contributed by atoms with Crippen molar-refractivity contribution >= 4 is 17.7 Å². The van der Waals surface area contributed by atoms with Crippen molar-refractivity contribution in [2.45, 2.75) is 46.1 Å². The van der Waals surface area contributed by atoms with E-state index in [1.54, 1.807) is 11.0 Å². The molecule has 1 saturated heterocycles. The van der Waals surface area contributed by atoms with E-state index >= 15 is 0 Å². The topological polar surface area (TPSA) is 58.6 Å². The minimum atomic E-state index is -0.528. The third-order valence-corrected chi connectivity index (χ3v) is 3.97. The molecule has 24 heavy (non-hydrogen) atoms. The van der Waals surface area contributed by atoms with Gasteiger partial charge in [-0.25, -0.2) is 9.18 Å². The molecule has 0 aliphatic carbocycles. The lowest BCUT2D eigenvalue weighted by molar-refractivity contribution is -0.121. The third kappa shape index (κ3) is 4.94. The Morgan fingerprint density at radius 1 is 1.25 bits per heavy atom. The van der Waals surface area contributed by atoms with Gasteiger partial charge in [0.2, 0.25) is 5.91 Å². The highest BCUT2D eigenvalue weighted by Crippen LogP contribution is 2.23. The van der Waals surface area contributed by atoms with Gasteiger partial charge in [-0.2, -0.15) is 0 Å². The molecule has 0 spiro atoms. The van der Waals surface area contributed by atoms with Crippen LogP contribution >= 0.6 is 0 Å². The number of carbonyl (C=O) groups excluding carboxylic acids is 2. The predicted molar refractivity (Wildman–Crippen MR) is 90.3 cm³/mol. The maximum atomic E-state index is 13.3. The standard InChI is InChI=1S/C18H25FN2O3/c1-12-5-6-14(19)11-15(12)20-16(22)13-7-9-21(10-8-13)17(23)24-18(2,3)4/h5-6,11,13H,7-10H2,1-4H3,(H,20,22). The van der Waals surface area contributed by atoms with Crippen LogP contribution in [0.3, 0.4) is 0 Å². The van der Waals surface area contributed by atoms with Gasteiger partial charge in [0.05, 0.1) is 0 Å². The lowest BCUT2D eigenvalue weighted by Gasteiger charge is -2.33.